The van der Waals surface area contributed by atoms with Crippen LogP contribution in [-0.2, 0) is 5.75 Å². The van der Waals surface area contributed by atoms with E-state index in [-0.39, 0.29) is 0 Å². The molecule has 0 amide bonds. The van der Waals surface area contributed by atoms with Crippen LogP contribution in [0.4, 0.5) is 0 Å². The number of rotatable bonds is 5. The Bertz CT molecular complexity index is 582. The Labute approximate surface area is 137 Å². The zero-order chi connectivity index (χ0) is 14.5. The number of nitrogens with zero attached hydrogens (tertiary/aromatic N) is 2. The van der Waals surface area contributed by atoms with Gasteiger partial charge in [0.25, 0.3) is 0 Å². The molecule has 1 aromatic carbocycles. The van der Waals surface area contributed by atoms with Gasteiger partial charge in [-0.05, 0) is 18.2 Å². The molecule has 0 saturated heterocycles. The molecule has 20 heavy (non-hydrogen) atoms. The molecule has 2 rings (SSSR count). The smallest absolute Gasteiger partial charge is 0.142 e. The van der Waals surface area contributed by atoms with Gasteiger partial charge in [0.15, 0.2) is 0 Å². The average Bonchev–Trinajstić information content (AvgIpc) is 2.40. The van der Waals surface area contributed by atoms with Gasteiger partial charge in [0, 0.05) is 10.6 Å². The molecule has 0 fully saturated rings. The lowest BCUT2D eigenvalue weighted by molar-refractivity contribution is 1.03. The lowest BCUT2D eigenvalue weighted by atomic mass is 10.1. The molecular weight excluding hydrogens is 335 g/mol. The monoisotopic (exact) mass is 346 g/mol. The van der Waals surface area contributed by atoms with E-state index < -0.39 is 0 Å². The minimum absolute atomic E-state index is 0.338. The van der Waals surface area contributed by atoms with E-state index in [9.17, 15) is 0 Å². The second-order valence-corrected chi connectivity index (χ2v) is 6.36. The molecule has 1 aromatic heterocycles. The van der Waals surface area contributed by atoms with Gasteiger partial charge in [0.05, 0.1) is 11.3 Å². The van der Waals surface area contributed by atoms with E-state index >= 15 is 0 Å². The number of benzene rings is 1. The first kappa shape index (κ1) is 15.9. The van der Waals surface area contributed by atoms with Crippen LogP contribution in [0.1, 0.15) is 19.2 Å². The van der Waals surface area contributed by atoms with E-state index in [2.05, 4.69) is 16.9 Å². The van der Waals surface area contributed by atoms with E-state index in [1.54, 1.807) is 17.8 Å². The first-order chi connectivity index (χ1) is 9.63. The highest BCUT2D eigenvalue weighted by atomic mass is 35.5. The van der Waals surface area contributed by atoms with E-state index in [0.29, 0.717) is 32.5 Å². The van der Waals surface area contributed by atoms with Crippen LogP contribution in [0.15, 0.2) is 24.3 Å². The van der Waals surface area contributed by atoms with Crippen LogP contribution in [0.2, 0.25) is 15.3 Å². The molecular formula is C14H13Cl3N2S. The number of hydrogen-bond donors (Lipinski definition) is 0. The van der Waals surface area contributed by atoms with Crippen molar-refractivity contribution in [3.05, 3.63) is 45.4 Å². The minimum atomic E-state index is 0.338. The Morgan fingerprint density at radius 3 is 2.30 bits per heavy atom. The predicted molar refractivity (Wildman–Crippen MR) is 89.0 cm³/mol. The summed E-state index contributed by atoms with van der Waals surface area (Å²) in [6.45, 7) is 2.13. The molecule has 0 aliphatic rings. The zero-order valence-electron chi connectivity index (χ0n) is 10.9. The van der Waals surface area contributed by atoms with Gasteiger partial charge in [-0.25, -0.2) is 9.97 Å². The van der Waals surface area contributed by atoms with Crippen molar-refractivity contribution >= 4 is 46.6 Å². The van der Waals surface area contributed by atoms with Gasteiger partial charge in [-0.1, -0.05) is 59.9 Å². The van der Waals surface area contributed by atoms with Gasteiger partial charge in [0.1, 0.15) is 16.1 Å². The molecule has 106 valence electrons. The number of hydrogen-bond acceptors (Lipinski definition) is 3. The summed E-state index contributed by atoms with van der Waals surface area (Å²) in [5, 5.41) is 1.25. The van der Waals surface area contributed by atoms with Gasteiger partial charge >= 0.3 is 0 Å². The summed E-state index contributed by atoms with van der Waals surface area (Å²) in [4.78, 5) is 8.63. The largest absolute Gasteiger partial charge is 0.220 e. The van der Waals surface area contributed by atoms with Crippen molar-refractivity contribution < 1.29 is 0 Å². The minimum Gasteiger partial charge on any atom is -0.220 e. The van der Waals surface area contributed by atoms with Crippen molar-refractivity contribution in [2.45, 2.75) is 19.1 Å². The lowest BCUT2D eigenvalue weighted by Crippen LogP contribution is -1.98. The van der Waals surface area contributed by atoms with Crippen molar-refractivity contribution in [1.82, 2.24) is 9.97 Å². The maximum Gasteiger partial charge on any atom is 0.142 e. The molecule has 0 radical (unpaired) electrons. The van der Waals surface area contributed by atoms with Crippen molar-refractivity contribution in [1.29, 1.82) is 0 Å². The summed E-state index contributed by atoms with van der Waals surface area (Å²) in [6, 6.07) is 7.36. The Kier molecular flexibility index (Phi) is 5.97. The van der Waals surface area contributed by atoms with Gasteiger partial charge in [-0.3, -0.25) is 0 Å². The maximum atomic E-state index is 6.25. The Morgan fingerprint density at radius 2 is 1.70 bits per heavy atom. The second kappa shape index (κ2) is 7.51. The topological polar surface area (TPSA) is 25.8 Å². The SMILES string of the molecule is CCCSCc1nc(Cl)c(-c2ccccc2Cl)c(Cl)n1. The van der Waals surface area contributed by atoms with Gasteiger partial charge in [0.2, 0.25) is 0 Å². The van der Waals surface area contributed by atoms with Crippen molar-refractivity contribution in [2.24, 2.45) is 0 Å². The summed E-state index contributed by atoms with van der Waals surface area (Å²) in [5.74, 6) is 2.41. The fourth-order valence-corrected chi connectivity index (χ4v) is 3.31. The molecule has 0 aliphatic heterocycles. The Balaban J connectivity index is 2.34. The summed E-state index contributed by atoms with van der Waals surface area (Å²) in [6.07, 6.45) is 1.11. The number of halogens is 3. The summed E-state index contributed by atoms with van der Waals surface area (Å²) >= 11 is 20.4. The normalized spacial score (nSPS) is 10.8. The van der Waals surface area contributed by atoms with E-state index in [0.717, 1.165) is 17.7 Å². The molecule has 0 unspecified atom stereocenters. The van der Waals surface area contributed by atoms with Crippen molar-refractivity contribution in [2.75, 3.05) is 5.75 Å². The first-order valence-electron chi connectivity index (χ1n) is 6.18. The lowest BCUT2D eigenvalue weighted by Gasteiger charge is -2.09. The Hall–Kier alpha value is -0.480. The van der Waals surface area contributed by atoms with Crippen LogP contribution < -0.4 is 0 Å². The molecule has 0 atom stereocenters. The highest BCUT2D eigenvalue weighted by Crippen LogP contribution is 2.36. The summed E-state index contributed by atoms with van der Waals surface area (Å²) < 4.78 is 0. The molecule has 0 bridgehead atoms. The van der Waals surface area contributed by atoms with Crippen LogP contribution >= 0.6 is 46.6 Å². The molecule has 0 spiro atoms. The molecule has 0 saturated carbocycles. The van der Waals surface area contributed by atoms with E-state index in [1.165, 1.54) is 0 Å². The molecule has 6 heteroatoms. The fourth-order valence-electron chi connectivity index (χ4n) is 1.71. The third kappa shape index (κ3) is 3.79. The predicted octanol–water partition coefficient (Wildman–Crippen LogP) is 5.75. The third-order valence-electron chi connectivity index (χ3n) is 2.59. The number of aromatic nitrogens is 2. The standard InChI is InChI=1S/C14H13Cl3N2S/c1-2-7-20-8-11-18-13(16)12(14(17)19-11)9-5-3-4-6-10(9)15/h3-6H,2,7-8H2,1H3. The third-order valence-corrected chi connectivity index (χ3v) is 4.63. The Morgan fingerprint density at radius 1 is 1.05 bits per heavy atom. The van der Waals surface area contributed by atoms with Gasteiger partial charge in [-0.2, -0.15) is 11.8 Å². The zero-order valence-corrected chi connectivity index (χ0v) is 14.0. The molecule has 2 nitrogen and oxygen atoms in total. The highest BCUT2D eigenvalue weighted by Gasteiger charge is 2.15. The van der Waals surface area contributed by atoms with Crippen LogP contribution in [0.5, 0.6) is 0 Å². The van der Waals surface area contributed by atoms with Crippen molar-refractivity contribution in [3.8, 4) is 11.1 Å². The average molecular weight is 348 g/mol. The summed E-state index contributed by atoms with van der Waals surface area (Å²) in [7, 11) is 0. The number of thioether (sulfide) groups is 1. The molecule has 1 heterocycles. The maximum absolute atomic E-state index is 6.25. The van der Waals surface area contributed by atoms with Crippen molar-refractivity contribution in [3.63, 3.8) is 0 Å². The summed E-state index contributed by atoms with van der Waals surface area (Å²) in [5.41, 5.74) is 1.33. The van der Waals surface area contributed by atoms with Gasteiger partial charge in [-0.15, -0.1) is 0 Å². The molecule has 0 aliphatic carbocycles. The fraction of sp³-hybridized carbons (Fsp3) is 0.286. The van der Waals surface area contributed by atoms with Crippen LogP contribution in [-0.4, -0.2) is 15.7 Å². The van der Waals surface area contributed by atoms with E-state index in [1.807, 2.05) is 18.2 Å². The quantitative estimate of drug-likeness (QED) is 0.509. The first-order valence-corrected chi connectivity index (χ1v) is 8.47. The van der Waals surface area contributed by atoms with Crippen LogP contribution in [0.3, 0.4) is 0 Å². The second-order valence-electron chi connectivity index (χ2n) is 4.13. The van der Waals surface area contributed by atoms with Crippen LogP contribution in [0, 0.1) is 0 Å². The highest BCUT2D eigenvalue weighted by molar-refractivity contribution is 7.98. The van der Waals surface area contributed by atoms with Crippen LogP contribution in [0.25, 0.3) is 11.1 Å². The van der Waals surface area contributed by atoms with E-state index in [4.69, 9.17) is 34.8 Å². The molecule has 2 aromatic rings. The molecule has 0 N–H and O–H groups in total. The van der Waals surface area contributed by atoms with Gasteiger partial charge < -0.3 is 0 Å².